The second kappa shape index (κ2) is 4.17. The zero-order valence-electron chi connectivity index (χ0n) is 8.28. The first kappa shape index (κ1) is 11.6. The van der Waals surface area contributed by atoms with Gasteiger partial charge in [0.2, 0.25) is 5.88 Å². The smallest absolute Gasteiger partial charge is 0.335 e. The van der Waals surface area contributed by atoms with Crippen molar-refractivity contribution in [3.8, 4) is 11.6 Å². The molecule has 0 aliphatic rings. The average Bonchev–Trinajstić information content (AvgIpc) is 2.21. The standard InChI is InChI=1S/C10H6BrFN2O3/c11-5-2-1-3-6(12)9(5)14-8(16)4-7(15)13-10(14)17/h1-4,16H,(H,13,15,17). The van der Waals surface area contributed by atoms with Crippen LogP contribution in [-0.4, -0.2) is 14.7 Å². The van der Waals surface area contributed by atoms with E-state index in [1.807, 2.05) is 4.98 Å². The van der Waals surface area contributed by atoms with Gasteiger partial charge in [0.1, 0.15) is 11.5 Å². The summed E-state index contributed by atoms with van der Waals surface area (Å²) in [5.41, 5.74) is -1.83. The Morgan fingerprint density at radius 2 is 2.06 bits per heavy atom. The molecule has 7 heteroatoms. The molecule has 0 atom stereocenters. The van der Waals surface area contributed by atoms with E-state index in [0.29, 0.717) is 4.57 Å². The number of H-pyrrole nitrogens is 1. The number of nitrogens with one attached hydrogen (secondary N) is 1. The lowest BCUT2D eigenvalue weighted by Gasteiger charge is -2.09. The van der Waals surface area contributed by atoms with E-state index in [1.54, 1.807) is 0 Å². The third-order valence-corrected chi connectivity index (χ3v) is 2.72. The third kappa shape index (κ3) is 2.01. The van der Waals surface area contributed by atoms with Gasteiger partial charge < -0.3 is 5.11 Å². The van der Waals surface area contributed by atoms with Gasteiger partial charge in [0, 0.05) is 4.47 Å². The lowest BCUT2D eigenvalue weighted by Crippen LogP contribution is -2.28. The predicted octanol–water partition coefficient (Wildman–Crippen LogP) is 1.13. The van der Waals surface area contributed by atoms with E-state index in [9.17, 15) is 19.1 Å². The maximum absolute atomic E-state index is 13.6. The highest BCUT2D eigenvalue weighted by Gasteiger charge is 2.14. The molecule has 1 aromatic carbocycles. The van der Waals surface area contributed by atoms with Crippen LogP contribution in [0.3, 0.4) is 0 Å². The number of aromatic amines is 1. The normalized spacial score (nSPS) is 10.5. The Balaban J connectivity index is 2.87. The molecule has 2 rings (SSSR count). The van der Waals surface area contributed by atoms with Gasteiger partial charge in [-0.2, -0.15) is 0 Å². The fourth-order valence-electron chi connectivity index (χ4n) is 1.40. The van der Waals surface area contributed by atoms with Crippen molar-refractivity contribution in [3.63, 3.8) is 0 Å². The second-order valence-electron chi connectivity index (χ2n) is 3.20. The topological polar surface area (TPSA) is 75.1 Å². The molecule has 0 saturated carbocycles. The number of rotatable bonds is 1. The largest absolute Gasteiger partial charge is 0.494 e. The van der Waals surface area contributed by atoms with E-state index in [2.05, 4.69) is 15.9 Å². The van der Waals surface area contributed by atoms with Gasteiger partial charge in [-0.25, -0.2) is 13.8 Å². The summed E-state index contributed by atoms with van der Waals surface area (Å²) in [7, 11) is 0. The Labute approximate surface area is 102 Å². The molecule has 0 spiro atoms. The maximum Gasteiger partial charge on any atom is 0.335 e. The van der Waals surface area contributed by atoms with Crippen LogP contribution in [-0.2, 0) is 0 Å². The van der Waals surface area contributed by atoms with E-state index in [0.717, 1.165) is 12.1 Å². The fourth-order valence-corrected chi connectivity index (χ4v) is 1.92. The minimum Gasteiger partial charge on any atom is -0.494 e. The summed E-state index contributed by atoms with van der Waals surface area (Å²) >= 11 is 3.07. The summed E-state index contributed by atoms with van der Waals surface area (Å²) in [5, 5.41) is 9.53. The van der Waals surface area contributed by atoms with Crippen LogP contribution in [0.2, 0.25) is 0 Å². The van der Waals surface area contributed by atoms with Crippen LogP contribution in [0.25, 0.3) is 5.69 Å². The number of aromatic hydroxyl groups is 1. The Kier molecular flexibility index (Phi) is 2.84. The second-order valence-corrected chi connectivity index (χ2v) is 4.06. The minimum absolute atomic E-state index is 0.161. The Morgan fingerprint density at radius 3 is 2.65 bits per heavy atom. The van der Waals surface area contributed by atoms with E-state index < -0.39 is 22.9 Å². The quantitative estimate of drug-likeness (QED) is 0.829. The number of para-hydroxylation sites is 1. The van der Waals surface area contributed by atoms with Crippen LogP contribution in [0.5, 0.6) is 5.88 Å². The molecule has 2 aromatic rings. The van der Waals surface area contributed by atoms with Crippen LogP contribution in [0.15, 0.2) is 38.3 Å². The number of aromatic nitrogens is 2. The lowest BCUT2D eigenvalue weighted by molar-refractivity contribution is 0.427. The molecule has 17 heavy (non-hydrogen) atoms. The van der Waals surface area contributed by atoms with Crippen molar-refractivity contribution in [2.24, 2.45) is 0 Å². The van der Waals surface area contributed by atoms with Gasteiger partial charge in [0.25, 0.3) is 5.56 Å². The molecule has 2 N–H and O–H groups in total. The van der Waals surface area contributed by atoms with Gasteiger partial charge in [0.15, 0.2) is 0 Å². The molecule has 0 bridgehead atoms. The number of halogens is 2. The molecular weight excluding hydrogens is 295 g/mol. The highest BCUT2D eigenvalue weighted by molar-refractivity contribution is 9.10. The summed E-state index contributed by atoms with van der Waals surface area (Å²) in [5.74, 6) is -1.34. The number of nitrogens with zero attached hydrogens (tertiary/aromatic N) is 1. The zero-order valence-corrected chi connectivity index (χ0v) is 9.86. The maximum atomic E-state index is 13.6. The lowest BCUT2D eigenvalue weighted by atomic mass is 10.3. The minimum atomic E-state index is -0.916. The Morgan fingerprint density at radius 1 is 1.35 bits per heavy atom. The monoisotopic (exact) mass is 300 g/mol. The van der Waals surface area contributed by atoms with Gasteiger partial charge in [-0.05, 0) is 28.1 Å². The summed E-state index contributed by atoms with van der Waals surface area (Å²) in [6, 6.07) is 4.88. The summed E-state index contributed by atoms with van der Waals surface area (Å²) in [6.45, 7) is 0. The number of hydrogen-bond donors (Lipinski definition) is 2. The van der Waals surface area contributed by atoms with E-state index in [-0.39, 0.29) is 10.2 Å². The van der Waals surface area contributed by atoms with Crippen molar-refractivity contribution in [3.05, 3.63) is 55.4 Å². The highest BCUT2D eigenvalue weighted by Crippen LogP contribution is 2.24. The van der Waals surface area contributed by atoms with Gasteiger partial charge in [0.05, 0.1) is 6.07 Å². The molecule has 88 valence electrons. The predicted molar refractivity (Wildman–Crippen MR) is 62.0 cm³/mol. The van der Waals surface area contributed by atoms with Crippen LogP contribution >= 0.6 is 15.9 Å². The number of hydrogen-bond acceptors (Lipinski definition) is 3. The van der Waals surface area contributed by atoms with Gasteiger partial charge >= 0.3 is 5.69 Å². The number of benzene rings is 1. The molecule has 5 nitrogen and oxygen atoms in total. The molecule has 0 radical (unpaired) electrons. The van der Waals surface area contributed by atoms with Gasteiger partial charge in [-0.1, -0.05) is 6.07 Å². The van der Waals surface area contributed by atoms with Crippen LogP contribution < -0.4 is 11.2 Å². The Hall–Kier alpha value is -1.89. The van der Waals surface area contributed by atoms with Crippen LogP contribution in [0.4, 0.5) is 4.39 Å². The first-order valence-electron chi connectivity index (χ1n) is 4.50. The molecule has 0 saturated heterocycles. The van der Waals surface area contributed by atoms with Crippen molar-refractivity contribution in [2.45, 2.75) is 0 Å². The fraction of sp³-hybridized carbons (Fsp3) is 0. The van der Waals surface area contributed by atoms with E-state index in [4.69, 9.17) is 0 Å². The first-order chi connectivity index (χ1) is 8.00. The van der Waals surface area contributed by atoms with Crippen molar-refractivity contribution >= 4 is 15.9 Å². The molecule has 0 unspecified atom stereocenters. The first-order valence-corrected chi connectivity index (χ1v) is 5.30. The van der Waals surface area contributed by atoms with Gasteiger partial charge in [-0.15, -0.1) is 0 Å². The Bertz CT molecular complexity index is 672. The zero-order chi connectivity index (χ0) is 12.6. The molecule has 1 heterocycles. The highest BCUT2D eigenvalue weighted by atomic mass is 79.9. The van der Waals surface area contributed by atoms with Crippen molar-refractivity contribution in [1.29, 1.82) is 0 Å². The van der Waals surface area contributed by atoms with Crippen LogP contribution in [0.1, 0.15) is 0 Å². The molecule has 0 fully saturated rings. The molecular formula is C10H6BrFN2O3. The van der Waals surface area contributed by atoms with Crippen molar-refractivity contribution in [1.82, 2.24) is 9.55 Å². The van der Waals surface area contributed by atoms with Crippen molar-refractivity contribution in [2.75, 3.05) is 0 Å². The van der Waals surface area contributed by atoms with E-state index >= 15 is 0 Å². The molecule has 1 aromatic heterocycles. The van der Waals surface area contributed by atoms with Crippen LogP contribution in [0, 0.1) is 5.82 Å². The van der Waals surface area contributed by atoms with Gasteiger partial charge in [-0.3, -0.25) is 9.78 Å². The average molecular weight is 301 g/mol. The van der Waals surface area contributed by atoms with Crippen molar-refractivity contribution < 1.29 is 9.50 Å². The van der Waals surface area contributed by atoms with E-state index in [1.165, 1.54) is 12.1 Å². The summed E-state index contributed by atoms with van der Waals surface area (Å²) in [4.78, 5) is 24.4. The third-order valence-electron chi connectivity index (χ3n) is 2.08. The molecule has 0 amide bonds. The summed E-state index contributed by atoms with van der Waals surface area (Å²) in [6.07, 6.45) is 0. The molecule has 0 aliphatic carbocycles. The summed E-state index contributed by atoms with van der Waals surface area (Å²) < 4.78 is 14.6. The SMILES string of the molecule is O=c1cc(O)n(-c2c(F)cccc2Br)c(=O)[nH]1. The molecule has 0 aliphatic heterocycles.